The van der Waals surface area contributed by atoms with Crippen LogP contribution in [0.4, 0.5) is 5.69 Å². The minimum absolute atomic E-state index is 0.0307. The van der Waals surface area contributed by atoms with Gasteiger partial charge >= 0.3 is 0 Å². The Kier molecular flexibility index (Phi) is 4.96. The molecule has 1 amide bonds. The van der Waals surface area contributed by atoms with Crippen molar-refractivity contribution in [3.63, 3.8) is 0 Å². The van der Waals surface area contributed by atoms with Crippen LogP contribution in [0.15, 0.2) is 43.2 Å². The molecule has 1 atom stereocenters. The van der Waals surface area contributed by atoms with E-state index in [1.807, 2.05) is 30.5 Å². The van der Waals surface area contributed by atoms with Crippen LogP contribution in [-0.4, -0.2) is 44.9 Å². The summed E-state index contributed by atoms with van der Waals surface area (Å²) in [6.07, 6.45) is 6.51. The van der Waals surface area contributed by atoms with Gasteiger partial charge in [-0.05, 0) is 31.0 Å². The van der Waals surface area contributed by atoms with Crippen molar-refractivity contribution in [2.24, 2.45) is 0 Å². The second kappa shape index (κ2) is 7.31. The minimum Gasteiger partial charge on any atom is -0.391 e. The summed E-state index contributed by atoms with van der Waals surface area (Å²) in [6, 6.07) is 7.45. The Labute approximate surface area is 141 Å². The average molecular weight is 326 g/mol. The van der Waals surface area contributed by atoms with Crippen LogP contribution >= 0.6 is 0 Å². The molecule has 1 aliphatic rings. The van der Waals surface area contributed by atoms with Crippen LogP contribution in [0.2, 0.25) is 0 Å². The Morgan fingerprint density at radius 2 is 2.38 bits per heavy atom. The molecule has 1 fully saturated rings. The number of hydrogen-bond donors (Lipinski definition) is 2. The van der Waals surface area contributed by atoms with Gasteiger partial charge in [-0.3, -0.25) is 4.79 Å². The monoisotopic (exact) mass is 326 g/mol. The number of anilines is 1. The highest BCUT2D eigenvalue weighted by Crippen LogP contribution is 2.17. The van der Waals surface area contributed by atoms with Gasteiger partial charge in [-0.1, -0.05) is 12.6 Å². The fraction of sp³-hybridized carbons (Fsp3) is 0.333. The van der Waals surface area contributed by atoms with Crippen molar-refractivity contribution in [3.8, 4) is 0 Å². The zero-order valence-electron chi connectivity index (χ0n) is 13.6. The van der Waals surface area contributed by atoms with E-state index >= 15 is 0 Å². The molecule has 0 radical (unpaired) electrons. The number of β-amino-alcohol motifs (C(OH)–C–C–N with tert-alkyl or cyclic N) is 1. The maximum atomic E-state index is 12.6. The summed E-state index contributed by atoms with van der Waals surface area (Å²) in [6.45, 7) is 5.40. The fourth-order valence-electron chi connectivity index (χ4n) is 2.86. The van der Waals surface area contributed by atoms with Crippen LogP contribution in [0.1, 0.15) is 28.8 Å². The number of rotatable bonds is 5. The van der Waals surface area contributed by atoms with Crippen LogP contribution in [0, 0.1) is 0 Å². The molecule has 0 saturated carbocycles. The number of nitrogens with zero attached hydrogens (tertiary/aromatic N) is 3. The molecular formula is C18H22N4O2. The lowest BCUT2D eigenvalue weighted by molar-refractivity contribution is 0.0474. The molecule has 2 heterocycles. The summed E-state index contributed by atoms with van der Waals surface area (Å²) in [4.78, 5) is 14.3. The van der Waals surface area contributed by atoms with E-state index in [2.05, 4.69) is 17.0 Å². The highest BCUT2D eigenvalue weighted by molar-refractivity contribution is 5.95. The van der Waals surface area contributed by atoms with Gasteiger partial charge in [0.1, 0.15) is 0 Å². The van der Waals surface area contributed by atoms with E-state index in [1.165, 1.54) is 0 Å². The van der Waals surface area contributed by atoms with Crippen molar-refractivity contribution >= 4 is 17.8 Å². The van der Waals surface area contributed by atoms with Crippen LogP contribution in [0.3, 0.4) is 0 Å². The Balaban J connectivity index is 1.64. The van der Waals surface area contributed by atoms with Crippen molar-refractivity contribution < 1.29 is 9.90 Å². The number of benzene rings is 1. The molecule has 1 aliphatic heterocycles. The first kappa shape index (κ1) is 16.3. The van der Waals surface area contributed by atoms with Crippen LogP contribution < -0.4 is 5.32 Å². The Bertz CT molecular complexity index is 725. The number of carbonyl (C=O) groups excluding carboxylic acids is 1. The van der Waals surface area contributed by atoms with Gasteiger partial charge in [0.15, 0.2) is 0 Å². The molecule has 1 saturated heterocycles. The van der Waals surface area contributed by atoms with Gasteiger partial charge in [-0.25, -0.2) is 4.68 Å². The Hall–Kier alpha value is -2.60. The van der Waals surface area contributed by atoms with E-state index in [0.29, 0.717) is 25.2 Å². The number of amides is 1. The second-order valence-electron chi connectivity index (χ2n) is 5.99. The Morgan fingerprint density at radius 3 is 3.12 bits per heavy atom. The van der Waals surface area contributed by atoms with E-state index in [1.54, 1.807) is 22.0 Å². The number of aromatic nitrogens is 2. The summed E-state index contributed by atoms with van der Waals surface area (Å²) >= 11 is 0. The highest BCUT2D eigenvalue weighted by Gasteiger charge is 2.23. The zero-order valence-corrected chi connectivity index (χ0v) is 13.6. The maximum absolute atomic E-state index is 12.6. The summed E-state index contributed by atoms with van der Waals surface area (Å²) in [5.41, 5.74) is 2.55. The van der Waals surface area contributed by atoms with Crippen LogP contribution in [0.5, 0.6) is 0 Å². The number of nitrogens with one attached hydrogen (secondary N) is 1. The number of aliphatic hydroxyl groups excluding tert-OH is 1. The van der Waals surface area contributed by atoms with E-state index < -0.39 is 6.10 Å². The predicted octanol–water partition coefficient (Wildman–Crippen LogP) is 2.19. The highest BCUT2D eigenvalue weighted by atomic mass is 16.3. The van der Waals surface area contributed by atoms with Crippen molar-refractivity contribution in [1.29, 1.82) is 0 Å². The fourth-order valence-corrected chi connectivity index (χ4v) is 2.86. The number of piperidine rings is 1. The van der Waals surface area contributed by atoms with Gasteiger partial charge in [0.05, 0.1) is 12.3 Å². The van der Waals surface area contributed by atoms with Crippen molar-refractivity contribution in [1.82, 2.24) is 14.7 Å². The molecule has 1 aromatic heterocycles. The Morgan fingerprint density at radius 1 is 1.50 bits per heavy atom. The third-order valence-corrected chi connectivity index (χ3v) is 4.13. The summed E-state index contributed by atoms with van der Waals surface area (Å²) in [5, 5.41) is 17.2. The molecule has 2 N–H and O–H groups in total. The first-order valence-electron chi connectivity index (χ1n) is 8.12. The zero-order chi connectivity index (χ0) is 16.9. The number of aliphatic hydroxyl groups is 1. The molecule has 0 spiro atoms. The van der Waals surface area contributed by atoms with Gasteiger partial charge < -0.3 is 15.3 Å². The lowest BCUT2D eigenvalue weighted by Gasteiger charge is -2.30. The molecular weight excluding hydrogens is 304 g/mol. The molecule has 6 nitrogen and oxygen atoms in total. The lowest BCUT2D eigenvalue weighted by atomic mass is 10.1. The SMILES string of the molecule is C=Cn1cc(CNc2cccc(C(=O)N3CCCC(O)C3)c2)cn1. The first-order valence-corrected chi connectivity index (χ1v) is 8.12. The summed E-state index contributed by atoms with van der Waals surface area (Å²) in [7, 11) is 0. The summed E-state index contributed by atoms with van der Waals surface area (Å²) in [5.74, 6) is -0.0307. The van der Waals surface area contributed by atoms with Gasteiger partial charge in [-0.15, -0.1) is 0 Å². The van der Waals surface area contributed by atoms with Crippen LogP contribution in [-0.2, 0) is 6.54 Å². The van der Waals surface area contributed by atoms with Gasteiger partial charge in [0, 0.05) is 48.8 Å². The molecule has 24 heavy (non-hydrogen) atoms. The molecule has 3 rings (SSSR count). The van der Waals surface area contributed by atoms with Crippen molar-refractivity contribution in [2.75, 3.05) is 18.4 Å². The normalized spacial score (nSPS) is 17.5. The van der Waals surface area contributed by atoms with Crippen LogP contribution in [0.25, 0.3) is 6.20 Å². The first-order chi connectivity index (χ1) is 11.7. The molecule has 0 aliphatic carbocycles. The van der Waals surface area contributed by atoms with Gasteiger partial charge in [0.2, 0.25) is 0 Å². The quantitative estimate of drug-likeness (QED) is 0.884. The average Bonchev–Trinajstić information content (AvgIpc) is 3.08. The smallest absolute Gasteiger partial charge is 0.254 e. The molecule has 0 bridgehead atoms. The molecule has 6 heteroatoms. The van der Waals surface area contributed by atoms with E-state index in [9.17, 15) is 9.90 Å². The lowest BCUT2D eigenvalue weighted by Crippen LogP contribution is -2.42. The minimum atomic E-state index is -0.412. The maximum Gasteiger partial charge on any atom is 0.254 e. The summed E-state index contributed by atoms with van der Waals surface area (Å²) < 4.78 is 1.65. The van der Waals surface area contributed by atoms with Gasteiger partial charge in [0.25, 0.3) is 5.91 Å². The number of carbonyl (C=O) groups is 1. The molecule has 1 unspecified atom stereocenters. The number of hydrogen-bond acceptors (Lipinski definition) is 4. The molecule has 126 valence electrons. The topological polar surface area (TPSA) is 70.4 Å². The van der Waals surface area contributed by atoms with Gasteiger partial charge in [-0.2, -0.15) is 5.10 Å². The van der Waals surface area contributed by atoms with Crippen molar-refractivity contribution in [2.45, 2.75) is 25.5 Å². The third-order valence-electron chi connectivity index (χ3n) is 4.13. The van der Waals surface area contributed by atoms with E-state index in [-0.39, 0.29) is 5.91 Å². The number of likely N-dealkylation sites (tertiary alicyclic amines) is 1. The largest absolute Gasteiger partial charge is 0.391 e. The van der Waals surface area contributed by atoms with E-state index in [0.717, 1.165) is 24.1 Å². The predicted molar refractivity (Wildman–Crippen MR) is 93.5 cm³/mol. The standard InChI is InChI=1S/C18H22N4O2/c1-2-22-12-14(11-20-22)10-19-16-6-3-5-15(9-16)18(24)21-8-4-7-17(23)13-21/h2-3,5-6,9,11-12,17,19,23H,1,4,7-8,10,13H2. The van der Waals surface area contributed by atoms with Crippen molar-refractivity contribution in [3.05, 3.63) is 54.4 Å². The molecule has 1 aromatic carbocycles. The third kappa shape index (κ3) is 3.83. The second-order valence-corrected chi connectivity index (χ2v) is 5.99. The van der Waals surface area contributed by atoms with E-state index in [4.69, 9.17) is 0 Å². The molecule has 2 aromatic rings.